The summed E-state index contributed by atoms with van der Waals surface area (Å²) in [7, 11) is 0. The fraction of sp³-hybridized carbons (Fsp3) is 0.417. The van der Waals surface area contributed by atoms with Crippen LogP contribution < -0.4 is 4.74 Å². The molecule has 2 fully saturated rings. The molecule has 7 heteroatoms. The van der Waals surface area contributed by atoms with E-state index < -0.39 is 12.0 Å². The zero-order valence-electron chi connectivity index (χ0n) is 17.1. The predicted octanol–water partition coefficient (Wildman–Crippen LogP) is 5.36. The van der Waals surface area contributed by atoms with Gasteiger partial charge in [0.15, 0.2) is 0 Å². The summed E-state index contributed by atoms with van der Waals surface area (Å²) in [6.07, 6.45) is 0.725. The Kier molecular flexibility index (Phi) is 6.20. The fourth-order valence-electron chi connectivity index (χ4n) is 4.62. The van der Waals surface area contributed by atoms with Crippen LogP contribution in [-0.4, -0.2) is 29.9 Å². The Morgan fingerprint density at radius 3 is 2.42 bits per heavy atom. The summed E-state index contributed by atoms with van der Waals surface area (Å²) in [5.41, 5.74) is 1.76. The van der Waals surface area contributed by atoms with E-state index >= 15 is 0 Å². The first kappa shape index (κ1) is 21.3. The molecule has 31 heavy (non-hydrogen) atoms. The molecule has 0 bridgehead atoms. The summed E-state index contributed by atoms with van der Waals surface area (Å²) in [6.45, 7) is 0.987. The van der Waals surface area contributed by atoms with Crippen molar-refractivity contribution in [2.24, 2.45) is 11.8 Å². The monoisotopic (exact) mass is 429 g/mol. The van der Waals surface area contributed by atoms with Crippen molar-refractivity contribution >= 4 is 12.6 Å². The molecule has 2 aromatic carbocycles. The summed E-state index contributed by atoms with van der Waals surface area (Å²) in [5.74, 6) is -2.03. The lowest BCUT2D eigenvalue weighted by Crippen LogP contribution is -2.47. The van der Waals surface area contributed by atoms with Gasteiger partial charge in [0, 0.05) is 19.4 Å². The van der Waals surface area contributed by atoms with E-state index in [4.69, 9.17) is 9.47 Å². The fourth-order valence-corrected chi connectivity index (χ4v) is 4.62. The summed E-state index contributed by atoms with van der Waals surface area (Å²) >= 11 is 0. The number of benzene rings is 2. The highest BCUT2D eigenvalue weighted by atomic mass is 19.3. The summed E-state index contributed by atoms with van der Waals surface area (Å²) in [4.78, 5) is 25.1. The minimum Gasteiger partial charge on any atom is -0.445 e. The molecule has 164 valence electrons. The third-order valence-electron chi connectivity index (χ3n) is 6.32. The van der Waals surface area contributed by atoms with E-state index in [-0.39, 0.29) is 37.3 Å². The molecule has 0 aromatic heterocycles. The highest BCUT2D eigenvalue weighted by Gasteiger charge is 2.50. The van der Waals surface area contributed by atoms with Gasteiger partial charge in [-0.1, -0.05) is 42.5 Å². The Morgan fingerprint density at radius 1 is 1.06 bits per heavy atom. The summed E-state index contributed by atoms with van der Waals surface area (Å²) < 4.78 is 37.2. The van der Waals surface area contributed by atoms with Crippen LogP contribution in [0.2, 0.25) is 0 Å². The van der Waals surface area contributed by atoms with E-state index in [2.05, 4.69) is 0 Å². The van der Waals surface area contributed by atoms with Crippen molar-refractivity contribution in [2.45, 2.75) is 44.3 Å². The van der Waals surface area contributed by atoms with Gasteiger partial charge in [-0.05, 0) is 47.9 Å². The van der Waals surface area contributed by atoms with E-state index in [0.29, 0.717) is 31.6 Å². The second kappa shape index (κ2) is 9.04. The number of ether oxygens (including phenoxy) is 2. The molecule has 2 aromatic rings. The number of halogens is 2. The standard InChI is InChI=1S/C24H25F2NO4/c25-24(26)13-20(14-24)19-10-11-27(23(29)30-15-17-4-2-1-3-5-17)22(12-19)18-6-8-21(9-7-18)31-16-28/h1-9,16,19-20,22H,10-15H2. The number of alkyl halides is 2. The first-order valence-corrected chi connectivity index (χ1v) is 10.5. The quantitative estimate of drug-likeness (QED) is 0.581. The van der Waals surface area contributed by atoms with Crippen molar-refractivity contribution in [1.82, 2.24) is 4.90 Å². The Morgan fingerprint density at radius 2 is 1.77 bits per heavy atom. The van der Waals surface area contributed by atoms with Crippen LogP contribution in [0.3, 0.4) is 0 Å². The third-order valence-corrected chi connectivity index (χ3v) is 6.32. The van der Waals surface area contributed by atoms with Gasteiger partial charge in [0.1, 0.15) is 12.4 Å². The molecule has 2 unspecified atom stereocenters. The summed E-state index contributed by atoms with van der Waals surface area (Å²) in [5, 5.41) is 0. The van der Waals surface area contributed by atoms with Crippen LogP contribution in [-0.2, 0) is 16.1 Å². The minimum atomic E-state index is -2.56. The van der Waals surface area contributed by atoms with Gasteiger partial charge >= 0.3 is 6.09 Å². The molecule has 2 aliphatic rings. The molecule has 0 radical (unpaired) electrons. The Balaban J connectivity index is 1.48. The number of hydrogen-bond donors (Lipinski definition) is 0. The van der Waals surface area contributed by atoms with E-state index in [1.54, 1.807) is 29.2 Å². The first-order valence-electron chi connectivity index (χ1n) is 10.5. The second-order valence-electron chi connectivity index (χ2n) is 8.34. The van der Waals surface area contributed by atoms with Crippen molar-refractivity contribution in [2.75, 3.05) is 6.54 Å². The number of amides is 1. The Bertz CT molecular complexity index is 896. The molecule has 1 saturated carbocycles. The highest BCUT2D eigenvalue weighted by molar-refractivity contribution is 5.68. The molecule has 0 N–H and O–H groups in total. The van der Waals surface area contributed by atoms with E-state index in [0.717, 1.165) is 11.1 Å². The van der Waals surface area contributed by atoms with Crippen LogP contribution in [0.15, 0.2) is 54.6 Å². The van der Waals surface area contributed by atoms with Gasteiger partial charge in [0.2, 0.25) is 5.92 Å². The number of hydrogen-bond acceptors (Lipinski definition) is 4. The SMILES string of the molecule is O=COc1ccc(C2CC(C3CC(F)(F)C3)CCN2C(=O)OCc2ccccc2)cc1. The van der Waals surface area contributed by atoms with Crippen LogP contribution in [0.5, 0.6) is 5.75 Å². The van der Waals surface area contributed by atoms with E-state index in [1.807, 2.05) is 30.3 Å². The van der Waals surface area contributed by atoms with Gasteiger partial charge < -0.3 is 14.4 Å². The second-order valence-corrected chi connectivity index (χ2v) is 8.34. The number of carbonyl (C=O) groups excluding carboxylic acids is 2. The predicted molar refractivity (Wildman–Crippen MR) is 110 cm³/mol. The molecule has 0 spiro atoms. The molecule has 1 aliphatic heterocycles. The zero-order chi connectivity index (χ0) is 21.8. The average Bonchev–Trinajstić information content (AvgIpc) is 2.77. The number of carbonyl (C=O) groups is 2. The maximum atomic E-state index is 13.4. The lowest BCUT2D eigenvalue weighted by atomic mass is 9.68. The van der Waals surface area contributed by atoms with Gasteiger partial charge in [0.05, 0.1) is 6.04 Å². The lowest BCUT2D eigenvalue weighted by Gasteiger charge is -2.46. The van der Waals surface area contributed by atoms with Gasteiger partial charge in [-0.3, -0.25) is 4.79 Å². The van der Waals surface area contributed by atoms with Crippen LogP contribution in [0.4, 0.5) is 13.6 Å². The maximum Gasteiger partial charge on any atom is 0.410 e. The number of nitrogens with zero attached hydrogens (tertiary/aromatic N) is 1. The van der Waals surface area contributed by atoms with E-state index in [9.17, 15) is 18.4 Å². The van der Waals surface area contributed by atoms with Crippen molar-refractivity contribution in [3.05, 3.63) is 65.7 Å². The smallest absolute Gasteiger partial charge is 0.410 e. The topological polar surface area (TPSA) is 55.8 Å². The van der Waals surface area contributed by atoms with Crippen LogP contribution in [0.25, 0.3) is 0 Å². The van der Waals surface area contributed by atoms with E-state index in [1.165, 1.54) is 0 Å². The molecule has 1 heterocycles. The van der Waals surface area contributed by atoms with Crippen LogP contribution >= 0.6 is 0 Å². The molecule has 2 atom stereocenters. The molecule has 4 rings (SSSR count). The van der Waals surface area contributed by atoms with Gasteiger partial charge in [-0.2, -0.15) is 0 Å². The normalized spacial score (nSPS) is 23.0. The van der Waals surface area contributed by atoms with Crippen LogP contribution in [0.1, 0.15) is 42.9 Å². The van der Waals surface area contributed by atoms with Crippen molar-refractivity contribution in [1.29, 1.82) is 0 Å². The maximum absolute atomic E-state index is 13.4. The largest absolute Gasteiger partial charge is 0.445 e. The molecule has 1 amide bonds. The molecular weight excluding hydrogens is 404 g/mol. The molecule has 1 saturated heterocycles. The van der Waals surface area contributed by atoms with Crippen molar-refractivity contribution in [3.8, 4) is 5.75 Å². The average molecular weight is 429 g/mol. The number of rotatable bonds is 6. The minimum absolute atomic E-state index is 0.0161. The molecule has 1 aliphatic carbocycles. The number of piperidine rings is 1. The molecular formula is C24H25F2NO4. The zero-order valence-corrected chi connectivity index (χ0v) is 17.1. The van der Waals surface area contributed by atoms with Gasteiger partial charge in [-0.15, -0.1) is 0 Å². The summed E-state index contributed by atoms with van der Waals surface area (Å²) in [6, 6.07) is 16.1. The Hall–Kier alpha value is -2.96. The van der Waals surface area contributed by atoms with Gasteiger partial charge in [0.25, 0.3) is 6.47 Å². The highest BCUT2D eigenvalue weighted by Crippen LogP contribution is 2.51. The van der Waals surface area contributed by atoms with Crippen LogP contribution in [0, 0.1) is 11.8 Å². The lowest BCUT2D eigenvalue weighted by molar-refractivity contribution is -0.133. The Labute approximate surface area is 179 Å². The van der Waals surface area contributed by atoms with Crippen molar-refractivity contribution in [3.63, 3.8) is 0 Å². The van der Waals surface area contributed by atoms with Gasteiger partial charge in [-0.25, -0.2) is 13.6 Å². The number of likely N-dealkylation sites (tertiary alicyclic amines) is 1. The first-order chi connectivity index (χ1) is 14.9. The molecule has 5 nitrogen and oxygen atoms in total. The van der Waals surface area contributed by atoms with Crippen molar-refractivity contribution < 1.29 is 27.8 Å². The third kappa shape index (κ3) is 5.03.